The minimum absolute atomic E-state index is 0.0204. The highest BCUT2D eigenvalue weighted by atomic mass is 16.6. The number of anilines is 2. The fraction of sp³-hybridized carbons (Fsp3) is 0.0800. The van der Waals surface area contributed by atoms with Gasteiger partial charge < -0.3 is 5.73 Å². The molecule has 1 aromatic heterocycles. The van der Waals surface area contributed by atoms with Gasteiger partial charge in [0.1, 0.15) is 5.82 Å². The number of aromatic amines is 1. The molecule has 176 valence electrons. The number of carbonyl (C=O) groups excluding carboxylic acids is 1. The number of nitrogens with zero attached hydrogens (tertiary/aromatic N) is 3. The monoisotopic (exact) mass is 471 g/mol. The average Bonchev–Trinajstić information content (AvgIpc) is 2.86. The summed E-state index contributed by atoms with van der Waals surface area (Å²) in [6, 6.07) is 23.0. The van der Waals surface area contributed by atoms with Crippen LogP contribution >= 0.6 is 0 Å². The van der Waals surface area contributed by atoms with Gasteiger partial charge in [-0.3, -0.25) is 34.2 Å². The zero-order valence-corrected chi connectivity index (χ0v) is 18.5. The third-order valence-electron chi connectivity index (χ3n) is 5.42. The lowest BCUT2D eigenvalue weighted by Crippen LogP contribution is -2.41. The molecule has 0 radical (unpaired) electrons. The van der Waals surface area contributed by atoms with Crippen LogP contribution < -0.4 is 21.9 Å². The van der Waals surface area contributed by atoms with E-state index in [2.05, 4.69) is 4.98 Å². The van der Waals surface area contributed by atoms with E-state index in [1.54, 1.807) is 36.4 Å². The van der Waals surface area contributed by atoms with Gasteiger partial charge in [0.05, 0.1) is 18.0 Å². The molecule has 10 heteroatoms. The van der Waals surface area contributed by atoms with E-state index in [0.717, 1.165) is 5.56 Å². The summed E-state index contributed by atoms with van der Waals surface area (Å²) in [5, 5.41) is 11.0. The van der Waals surface area contributed by atoms with E-state index in [4.69, 9.17) is 5.73 Å². The molecular formula is C25H21N5O5. The van der Waals surface area contributed by atoms with E-state index >= 15 is 0 Å². The first-order chi connectivity index (χ1) is 16.8. The van der Waals surface area contributed by atoms with Crippen molar-refractivity contribution in [2.75, 3.05) is 10.6 Å². The zero-order chi connectivity index (χ0) is 24.9. The summed E-state index contributed by atoms with van der Waals surface area (Å²) >= 11 is 0. The Balaban J connectivity index is 1.83. The first kappa shape index (κ1) is 23.2. The summed E-state index contributed by atoms with van der Waals surface area (Å²) in [7, 11) is 0. The van der Waals surface area contributed by atoms with Crippen molar-refractivity contribution in [3.8, 4) is 0 Å². The number of nitrogen functional groups attached to an aromatic ring is 1. The number of amides is 1. The number of hydrogen-bond donors (Lipinski definition) is 2. The van der Waals surface area contributed by atoms with Gasteiger partial charge in [0.15, 0.2) is 5.69 Å². The lowest BCUT2D eigenvalue weighted by Gasteiger charge is -2.25. The lowest BCUT2D eigenvalue weighted by molar-refractivity contribution is -0.384. The fourth-order valence-electron chi connectivity index (χ4n) is 3.66. The van der Waals surface area contributed by atoms with Crippen LogP contribution in [-0.4, -0.2) is 20.4 Å². The highest BCUT2D eigenvalue weighted by Crippen LogP contribution is 2.23. The summed E-state index contributed by atoms with van der Waals surface area (Å²) in [4.78, 5) is 53.0. The molecule has 0 aliphatic rings. The van der Waals surface area contributed by atoms with Crippen molar-refractivity contribution in [2.24, 2.45) is 0 Å². The van der Waals surface area contributed by atoms with Gasteiger partial charge in [-0.15, -0.1) is 0 Å². The number of nitrogens with two attached hydrogens (primary N) is 1. The normalized spacial score (nSPS) is 10.6. The Hall–Kier alpha value is -4.99. The number of aromatic nitrogens is 2. The molecule has 0 spiro atoms. The smallest absolute Gasteiger partial charge is 0.330 e. The zero-order valence-electron chi connectivity index (χ0n) is 18.5. The fourth-order valence-corrected chi connectivity index (χ4v) is 3.66. The molecule has 3 N–H and O–H groups in total. The summed E-state index contributed by atoms with van der Waals surface area (Å²) in [5.74, 6) is -0.778. The third-order valence-corrected chi connectivity index (χ3v) is 5.42. The van der Waals surface area contributed by atoms with Gasteiger partial charge in [-0.05, 0) is 23.3 Å². The molecule has 3 aromatic carbocycles. The van der Waals surface area contributed by atoms with Gasteiger partial charge in [-0.2, -0.15) is 0 Å². The molecule has 4 rings (SSSR count). The third kappa shape index (κ3) is 5.01. The predicted octanol–water partition coefficient (Wildman–Crippen LogP) is 2.92. The topological polar surface area (TPSA) is 144 Å². The van der Waals surface area contributed by atoms with Gasteiger partial charge >= 0.3 is 5.69 Å². The van der Waals surface area contributed by atoms with Crippen LogP contribution in [0.3, 0.4) is 0 Å². The van der Waals surface area contributed by atoms with Crippen molar-refractivity contribution < 1.29 is 9.72 Å². The van der Waals surface area contributed by atoms with Crippen molar-refractivity contribution in [3.63, 3.8) is 0 Å². The van der Waals surface area contributed by atoms with Crippen LogP contribution in [0, 0.1) is 10.1 Å². The van der Waals surface area contributed by atoms with Gasteiger partial charge in [0, 0.05) is 17.7 Å². The molecule has 0 unspecified atom stereocenters. The van der Waals surface area contributed by atoms with Crippen molar-refractivity contribution in [2.45, 2.75) is 13.1 Å². The maximum Gasteiger partial charge on any atom is 0.330 e. The number of H-pyrrole nitrogens is 1. The van der Waals surface area contributed by atoms with Crippen LogP contribution in [0.15, 0.2) is 94.5 Å². The van der Waals surface area contributed by atoms with Gasteiger partial charge in [0.25, 0.3) is 17.2 Å². The van der Waals surface area contributed by atoms with Crippen LogP contribution in [0.5, 0.6) is 0 Å². The molecule has 0 aliphatic carbocycles. The largest absolute Gasteiger partial charge is 0.383 e. The molecule has 0 bridgehead atoms. The molecule has 1 heterocycles. The molecule has 0 saturated carbocycles. The van der Waals surface area contributed by atoms with E-state index in [1.165, 1.54) is 33.7 Å². The van der Waals surface area contributed by atoms with Crippen LogP contribution in [-0.2, 0) is 13.1 Å². The summed E-state index contributed by atoms with van der Waals surface area (Å²) in [6.45, 7) is 0.0632. The minimum atomic E-state index is -0.817. The summed E-state index contributed by atoms with van der Waals surface area (Å²) in [6.07, 6.45) is 0. The molecule has 35 heavy (non-hydrogen) atoms. The van der Waals surface area contributed by atoms with E-state index in [1.807, 2.05) is 24.3 Å². The van der Waals surface area contributed by atoms with Crippen molar-refractivity contribution >= 4 is 23.1 Å². The van der Waals surface area contributed by atoms with E-state index in [-0.39, 0.29) is 35.8 Å². The molecule has 4 aromatic rings. The number of rotatable bonds is 7. The highest BCUT2D eigenvalue weighted by Gasteiger charge is 2.26. The van der Waals surface area contributed by atoms with Crippen LogP contribution in [0.2, 0.25) is 0 Å². The molecule has 0 atom stereocenters. The Morgan fingerprint density at radius 2 is 1.49 bits per heavy atom. The van der Waals surface area contributed by atoms with Gasteiger partial charge in [0.2, 0.25) is 0 Å². The number of nitro groups is 1. The number of benzene rings is 3. The number of nitro benzene ring substituents is 1. The van der Waals surface area contributed by atoms with E-state index in [0.29, 0.717) is 5.56 Å². The van der Waals surface area contributed by atoms with E-state index < -0.39 is 22.1 Å². The van der Waals surface area contributed by atoms with Crippen molar-refractivity contribution in [1.82, 2.24) is 9.55 Å². The van der Waals surface area contributed by atoms with Crippen LogP contribution in [0.1, 0.15) is 21.5 Å². The quantitative estimate of drug-likeness (QED) is 0.313. The molecule has 0 aliphatic heterocycles. The first-order valence-electron chi connectivity index (χ1n) is 10.6. The second kappa shape index (κ2) is 9.87. The van der Waals surface area contributed by atoms with Gasteiger partial charge in [-0.25, -0.2) is 4.79 Å². The molecular weight excluding hydrogens is 450 g/mol. The molecule has 0 fully saturated rings. The lowest BCUT2D eigenvalue weighted by atomic mass is 10.1. The SMILES string of the molecule is Nc1c(N(Cc2ccccc2)C(=O)c2ccc([N+](=O)[O-])cc2)c(=O)[nH]c(=O)n1Cc1ccccc1. The van der Waals surface area contributed by atoms with Crippen LogP contribution in [0.25, 0.3) is 0 Å². The van der Waals surface area contributed by atoms with Crippen molar-refractivity contribution in [3.05, 3.63) is 133 Å². The Morgan fingerprint density at radius 3 is 2.06 bits per heavy atom. The Bertz CT molecular complexity index is 1480. The number of hydrogen-bond acceptors (Lipinski definition) is 6. The average molecular weight is 471 g/mol. The molecule has 0 saturated heterocycles. The second-order valence-electron chi connectivity index (χ2n) is 7.75. The summed E-state index contributed by atoms with van der Waals surface area (Å²) in [5.41, 5.74) is 6.04. The Morgan fingerprint density at radius 1 is 0.914 bits per heavy atom. The Labute approximate surface area is 199 Å². The number of non-ortho nitro benzene ring substituents is 1. The maximum absolute atomic E-state index is 13.6. The first-order valence-corrected chi connectivity index (χ1v) is 10.6. The van der Waals surface area contributed by atoms with Gasteiger partial charge in [-0.1, -0.05) is 60.7 Å². The minimum Gasteiger partial charge on any atom is -0.383 e. The molecule has 10 nitrogen and oxygen atoms in total. The number of carbonyl (C=O) groups is 1. The maximum atomic E-state index is 13.6. The predicted molar refractivity (Wildman–Crippen MR) is 131 cm³/mol. The molecule has 1 amide bonds. The number of nitrogens with one attached hydrogen (secondary N) is 1. The second-order valence-corrected chi connectivity index (χ2v) is 7.75. The standard InChI is InChI=1S/C25H21N5O5/c26-22-21(23(31)27-25(33)29(22)16-18-9-5-2-6-10-18)28(15-17-7-3-1-4-8-17)24(32)19-11-13-20(14-12-19)30(34)35/h1-14H,15-16,26H2,(H,27,31,33). The van der Waals surface area contributed by atoms with E-state index in [9.17, 15) is 24.5 Å². The summed E-state index contributed by atoms with van der Waals surface area (Å²) < 4.78 is 1.19. The highest BCUT2D eigenvalue weighted by molar-refractivity contribution is 6.07. The van der Waals surface area contributed by atoms with Crippen LogP contribution in [0.4, 0.5) is 17.2 Å². The van der Waals surface area contributed by atoms with Crippen molar-refractivity contribution in [1.29, 1.82) is 0 Å². The Kier molecular flexibility index (Phi) is 6.54.